The summed E-state index contributed by atoms with van der Waals surface area (Å²) in [6.07, 6.45) is 3.67. The van der Waals surface area contributed by atoms with E-state index in [0.29, 0.717) is 22.5 Å². The maximum absolute atomic E-state index is 6.23. The molecule has 0 aliphatic carbocycles. The van der Waals surface area contributed by atoms with E-state index in [-0.39, 0.29) is 30.0 Å². The van der Waals surface area contributed by atoms with Crippen molar-refractivity contribution >= 4 is 53.1 Å². The first-order valence-electron chi connectivity index (χ1n) is 6.89. The quantitative estimate of drug-likeness (QED) is 0.408. The Kier molecular flexibility index (Phi) is 8.15. The van der Waals surface area contributed by atoms with Gasteiger partial charge < -0.3 is 15.2 Å². The second-order valence-electron chi connectivity index (χ2n) is 4.91. The van der Waals surface area contributed by atoms with Crippen LogP contribution in [-0.2, 0) is 13.6 Å². The van der Waals surface area contributed by atoms with E-state index in [1.54, 1.807) is 19.3 Å². The zero-order chi connectivity index (χ0) is 16.1. The van der Waals surface area contributed by atoms with Crippen LogP contribution in [-0.4, -0.2) is 22.6 Å². The molecule has 8 heteroatoms. The molecule has 1 heterocycles. The molecule has 0 bridgehead atoms. The topological polar surface area (TPSA) is 54.2 Å². The van der Waals surface area contributed by atoms with Crippen LogP contribution in [0.2, 0.25) is 10.0 Å². The maximum atomic E-state index is 6.23. The molecule has 2 aromatic rings. The Morgan fingerprint density at radius 1 is 1.39 bits per heavy atom. The molecule has 126 valence electrons. The number of hydrogen-bond donors (Lipinski definition) is 2. The molecule has 0 saturated carbocycles. The van der Waals surface area contributed by atoms with Gasteiger partial charge in [0.05, 0.1) is 12.6 Å². The van der Waals surface area contributed by atoms with Crippen molar-refractivity contribution in [3.63, 3.8) is 0 Å². The Balaban J connectivity index is 0.00000264. The van der Waals surface area contributed by atoms with E-state index in [4.69, 9.17) is 23.2 Å². The van der Waals surface area contributed by atoms with Crippen molar-refractivity contribution in [1.82, 2.24) is 20.2 Å². The Morgan fingerprint density at radius 3 is 2.70 bits per heavy atom. The lowest BCUT2D eigenvalue weighted by atomic mass is 10.1. The zero-order valence-corrected chi connectivity index (χ0v) is 17.0. The molecular weight excluding hydrogens is 448 g/mol. The van der Waals surface area contributed by atoms with Gasteiger partial charge in [-0.25, -0.2) is 4.98 Å². The van der Waals surface area contributed by atoms with Gasteiger partial charge in [-0.15, -0.1) is 24.0 Å². The van der Waals surface area contributed by atoms with E-state index in [0.717, 1.165) is 11.4 Å². The first kappa shape index (κ1) is 20.1. The Hall–Kier alpha value is -0.990. The van der Waals surface area contributed by atoms with E-state index < -0.39 is 0 Å². The summed E-state index contributed by atoms with van der Waals surface area (Å²) >= 11 is 12.2. The highest BCUT2D eigenvalue weighted by molar-refractivity contribution is 14.0. The monoisotopic (exact) mass is 467 g/mol. The zero-order valence-electron chi connectivity index (χ0n) is 13.2. The fraction of sp³-hybridized carbons (Fsp3) is 0.333. The third kappa shape index (κ3) is 5.54. The van der Waals surface area contributed by atoms with Crippen LogP contribution < -0.4 is 10.6 Å². The maximum Gasteiger partial charge on any atom is 0.191 e. The van der Waals surface area contributed by atoms with E-state index in [1.807, 2.05) is 36.9 Å². The number of nitrogens with zero attached hydrogens (tertiary/aromatic N) is 3. The summed E-state index contributed by atoms with van der Waals surface area (Å²) in [5.41, 5.74) is 0.964. The third-order valence-electron chi connectivity index (χ3n) is 3.34. The van der Waals surface area contributed by atoms with E-state index in [1.165, 1.54) is 0 Å². The van der Waals surface area contributed by atoms with Crippen LogP contribution in [0.1, 0.15) is 24.4 Å². The third-order valence-corrected chi connectivity index (χ3v) is 3.90. The number of nitrogens with one attached hydrogen (secondary N) is 2. The van der Waals surface area contributed by atoms with Crippen LogP contribution >= 0.6 is 47.2 Å². The van der Waals surface area contributed by atoms with Crippen molar-refractivity contribution < 1.29 is 0 Å². The second-order valence-corrected chi connectivity index (χ2v) is 5.76. The average Bonchev–Trinajstić information content (AvgIpc) is 2.88. The van der Waals surface area contributed by atoms with E-state index in [2.05, 4.69) is 20.6 Å². The second kappa shape index (κ2) is 9.34. The highest BCUT2D eigenvalue weighted by Gasteiger charge is 2.12. The Labute approximate surface area is 163 Å². The molecule has 0 spiro atoms. The van der Waals surface area contributed by atoms with Gasteiger partial charge in [0, 0.05) is 36.5 Å². The normalized spacial score (nSPS) is 12.5. The van der Waals surface area contributed by atoms with Gasteiger partial charge in [0.2, 0.25) is 0 Å². The Bertz CT molecular complexity index is 672. The van der Waals surface area contributed by atoms with Crippen LogP contribution in [0.3, 0.4) is 0 Å². The molecule has 1 aromatic heterocycles. The van der Waals surface area contributed by atoms with Gasteiger partial charge in [0.25, 0.3) is 0 Å². The molecule has 23 heavy (non-hydrogen) atoms. The summed E-state index contributed by atoms with van der Waals surface area (Å²) < 4.78 is 1.96. The van der Waals surface area contributed by atoms with Gasteiger partial charge in [-0.3, -0.25) is 4.99 Å². The summed E-state index contributed by atoms with van der Waals surface area (Å²) in [4.78, 5) is 8.48. The number of imidazole rings is 1. The SMILES string of the molecule is CN=C(NCc1nccn1C)NC(C)c1ccc(Cl)cc1Cl.I. The fourth-order valence-electron chi connectivity index (χ4n) is 2.06. The van der Waals surface area contributed by atoms with Gasteiger partial charge in [0.15, 0.2) is 5.96 Å². The lowest BCUT2D eigenvalue weighted by molar-refractivity contribution is 0.670. The lowest BCUT2D eigenvalue weighted by Gasteiger charge is -2.19. The van der Waals surface area contributed by atoms with Gasteiger partial charge >= 0.3 is 0 Å². The number of benzene rings is 1. The van der Waals surface area contributed by atoms with Crippen molar-refractivity contribution in [2.75, 3.05) is 7.05 Å². The first-order chi connectivity index (χ1) is 10.5. The first-order valence-corrected chi connectivity index (χ1v) is 7.65. The molecule has 0 saturated heterocycles. The predicted octanol–water partition coefficient (Wildman–Crippen LogP) is 3.77. The Morgan fingerprint density at radius 2 is 2.13 bits per heavy atom. The lowest BCUT2D eigenvalue weighted by Crippen LogP contribution is -2.38. The minimum atomic E-state index is -0.00246. The molecule has 0 aliphatic heterocycles. The molecule has 0 amide bonds. The summed E-state index contributed by atoms with van der Waals surface area (Å²) in [7, 11) is 3.68. The smallest absolute Gasteiger partial charge is 0.191 e. The van der Waals surface area contributed by atoms with E-state index in [9.17, 15) is 0 Å². The van der Waals surface area contributed by atoms with Crippen LogP contribution in [0.4, 0.5) is 0 Å². The number of aliphatic imine (C=N–C) groups is 1. The highest BCUT2D eigenvalue weighted by Crippen LogP contribution is 2.25. The van der Waals surface area contributed by atoms with Crippen molar-refractivity contribution in [3.05, 3.63) is 52.0 Å². The molecule has 1 aromatic carbocycles. The van der Waals surface area contributed by atoms with Crippen molar-refractivity contribution in [2.24, 2.45) is 12.0 Å². The van der Waals surface area contributed by atoms with Crippen LogP contribution in [0.5, 0.6) is 0 Å². The van der Waals surface area contributed by atoms with Gasteiger partial charge in [-0.2, -0.15) is 0 Å². The minimum absolute atomic E-state index is 0. The molecule has 1 unspecified atom stereocenters. The molecule has 5 nitrogen and oxygen atoms in total. The van der Waals surface area contributed by atoms with Gasteiger partial charge in [0.1, 0.15) is 5.82 Å². The summed E-state index contributed by atoms with van der Waals surface area (Å²) in [6.45, 7) is 2.60. The standard InChI is InChI=1S/C15H19Cl2N5.HI/c1-10(12-5-4-11(16)8-13(12)17)21-15(18-2)20-9-14-19-6-7-22(14)3;/h4-8,10H,9H2,1-3H3,(H2,18,20,21);1H. The molecule has 0 aliphatic rings. The van der Waals surface area contributed by atoms with E-state index >= 15 is 0 Å². The number of guanidine groups is 1. The summed E-state index contributed by atoms with van der Waals surface area (Å²) in [6, 6.07) is 5.47. The predicted molar refractivity (Wildman–Crippen MR) is 107 cm³/mol. The average molecular weight is 468 g/mol. The molecule has 0 radical (unpaired) electrons. The summed E-state index contributed by atoms with van der Waals surface area (Å²) in [5, 5.41) is 7.78. The number of aryl methyl sites for hydroxylation is 1. The summed E-state index contributed by atoms with van der Waals surface area (Å²) in [5.74, 6) is 1.61. The highest BCUT2D eigenvalue weighted by atomic mass is 127. The van der Waals surface area contributed by atoms with Gasteiger partial charge in [-0.1, -0.05) is 29.3 Å². The van der Waals surface area contributed by atoms with Crippen LogP contribution in [0.25, 0.3) is 0 Å². The largest absolute Gasteiger partial charge is 0.350 e. The molecule has 1 atom stereocenters. The van der Waals surface area contributed by atoms with Crippen molar-refractivity contribution in [1.29, 1.82) is 0 Å². The molecule has 0 fully saturated rings. The van der Waals surface area contributed by atoms with Crippen LogP contribution in [0.15, 0.2) is 35.6 Å². The minimum Gasteiger partial charge on any atom is -0.350 e. The number of hydrogen-bond acceptors (Lipinski definition) is 2. The van der Waals surface area contributed by atoms with Crippen molar-refractivity contribution in [2.45, 2.75) is 19.5 Å². The number of rotatable bonds is 4. The number of aromatic nitrogens is 2. The van der Waals surface area contributed by atoms with Gasteiger partial charge in [-0.05, 0) is 24.6 Å². The fourth-order valence-corrected chi connectivity index (χ4v) is 2.63. The number of halogens is 3. The molecular formula is C15H20Cl2IN5. The van der Waals surface area contributed by atoms with Crippen molar-refractivity contribution in [3.8, 4) is 0 Å². The molecule has 2 N–H and O–H groups in total. The van der Waals surface area contributed by atoms with Crippen LogP contribution in [0, 0.1) is 0 Å². The molecule has 2 rings (SSSR count).